The van der Waals surface area contributed by atoms with E-state index in [0.29, 0.717) is 23.0 Å². The summed E-state index contributed by atoms with van der Waals surface area (Å²) in [4.78, 5) is 22.0. The van der Waals surface area contributed by atoms with E-state index < -0.39 is 0 Å². The third-order valence-electron chi connectivity index (χ3n) is 4.45. The third-order valence-corrected chi connectivity index (χ3v) is 5.98. The van der Waals surface area contributed by atoms with Crippen LogP contribution < -0.4 is 0 Å². The van der Waals surface area contributed by atoms with Crippen LogP contribution in [0.2, 0.25) is 10.0 Å². The SMILES string of the molecule is COC(=O)CCc1nc(C(C)C)c(Sc2cc(Cl)cc(Cl)c2)n1Cc1ccccn1. The number of hydrogen-bond acceptors (Lipinski definition) is 5. The molecule has 0 fully saturated rings. The van der Waals surface area contributed by atoms with Crippen LogP contribution in [0.15, 0.2) is 52.5 Å². The van der Waals surface area contributed by atoms with Crippen LogP contribution in [0.25, 0.3) is 0 Å². The molecule has 0 unspecified atom stereocenters. The van der Waals surface area contributed by atoms with Gasteiger partial charge in [-0.25, -0.2) is 4.98 Å². The molecule has 158 valence electrons. The zero-order chi connectivity index (χ0) is 21.7. The van der Waals surface area contributed by atoms with Gasteiger partial charge in [-0.3, -0.25) is 9.78 Å². The van der Waals surface area contributed by atoms with E-state index in [9.17, 15) is 4.79 Å². The largest absolute Gasteiger partial charge is 0.469 e. The summed E-state index contributed by atoms with van der Waals surface area (Å²) in [6, 6.07) is 11.3. The molecule has 3 rings (SSSR count). The Morgan fingerprint density at radius 1 is 1.20 bits per heavy atom. The highest BCUT2D eigenvalue weighted by molar-refractivity contribution is 7.99. The van der Waals surface area contributed by atoms with Crippen LogP contribution >= 0.6 is 35.0 Å². The minimum atomic E-state index is -0.260. The number of nitrogens with zero attached hydrogens (tertiary/aromatic N) is 3. The van der Waals surface area contributed by atoms with Gasteiger partial charge in [0.15, 0.2) is 0 Å². The van der Waals surface area contributed by atoms with Crippen molar-refractivity contribution in [2.24, 2.45) is 0 Å². The van der Waals surface area contributed by atoms with Crippen molar-refractivity contribution in [1.82, 2.24) is 14.5 Å². The Bertz CT molecular complexity index is 1000. The van der Waals surface area contributed by atoms with E-state index in [2.05, 4.69) is 23.4 Å². The maximum Gasteiger partial charge on any atom is 0.305 e. The molecule has 30 heavy (non-hydrogen) atoms. The second kappa shape index (κ2) is 10.3. The minimum Gasteiger partial charge on any atom is -0.469 e. The second-order valence-electron chi connectivity index (χ2n) is 7.06. The topological polar surface area (TPSA) is 57.0 Å². The van der Waals surface area contributed by atoms with Crippen LogP contribution in [-0.4, -0.2) is 27.6 Å². The normalized spacial score (nSPS) is 11.1. The summed E-state index contributed by atoms with van der Waals surface area (Å²) in [6.45, 7) is 4.76. The summed E-state index contributed by atoms with van der Waals surface area (Å²) in [5.74, 6) is 0.763. The van der Waals surface area contributed by atoms with Crippen LogP contribution in [0.5, 0.6) is 0 Å². The quantitative estimate of drug-likeness (QED) is 0.382. The molecular weight excluding hydrogens is 441 g/mol. The summed E-state index contributed by atoms with van der Waals surface area (Å²) in [5, 5.41) is 2.16. The van der Waals surface area contributed by atoms with Gasteiger partial charge >= 0.3 is 5.97 Å². The van der Waals surface area contributed by atoms with Gasteiger partial charge in [-0.1, -0.05) is 54.9 Å². The molecule has 0 spiro atoms. The average molecular weight is 464 g/mol. The van der Waals surface area contributed by atoms with Crippen molar-refractivity contribution < 1.29 is 9.53 Å². The second-order valence-corrected chi connectivity index (χ2v) is 9.00. The van der Waals surface area contributed by atoms with Crippen LogP contribution in [-0.2, 0) is 22.5 Å². The Kier molecular flexibility index (Phi) is 7.81. The van der Waals surface area contributed by atoms with Gasteiger partial charge in [-0.2, -0.15) is 0 Å². The predicted molar refractivity (Wildman–Crippen MR) is 121 cm³/mol. The van der Waals surface area contributed by atoms with Crippen molar-refractivity contribution in [2.75, 3.05) is 7.11 Å². The molecule has 5 nitrogen and oxygen atoms in total. The molecule has 0 aliphatic rings. The number of methoxy groups -OCH3 is 1. The van der Waals surface area contributed by atoms with Crippen molar-refractivity contribution >= 4 is 40.9 Å². The first-order valence-electron chi connectivity index (χ1n) is 9.57. The number of benzene rings is 1. The van der Waals surface area contributed by atoms with Crippen LogP contribution in [0, 0.1) is 0 Å². The maximum absolute atomic E-state index is 11.7. The highest BCUT2D eigenvalue weighted by Crippen LogP contribution is 2.37. The Hall–Kier alpha value is -2.02. The first-order chi connectivity index (χ1) is 14.4. The fourth-order valence-electron chi connectivity index (χ4n) is 3.01. The highest BCUT2D eigenvalue weighted by atomic mass is 35.5. The van der Waals surface area contributed by atoms with Crippen molar-refractivity contribution in [2.45, 2.75) is 49.1 Å². The molecule has 0 radical (unpaired) electrons. The molecule has 0 amide bonds. The van der Waals surface area contributed by atoms with E-state index in [4.69, 9.17) is 32.9 Å². The molecule has 0 saturated heterocycles. The Morgan fingerprint density at radius 3 is 2.53 bits per heavy atom. The molecule has 0 aliphatic carbocycles. The van der Waals surface area contributed by atoms with Crippen LogP contribution in [0.3, 0.4) is 0 Å². The van der Waals surface area contributed by atoms with Crippen LogP contribution in [0.4, 0.5) is 0 Å². The summed E-state index contributed by atoms with van der Waals surface area (Å²) in [7, 11) is 1.40. The summed E-state index contributed by atoms with van der Waals surface area (Å²) >= 11 is 14.0. The number of pyridine rings is 1. The van der Waals surface area contributed by atoms with Gasteiger partial charge in [-0.05, 0) is 36.2 Å². The first kappa shape index (κ1) is 22.7. The summed E-state index contributed by atoms with van der Waals surface area (Å²) < 4.78 is 6.94. The Balaban J connectivity index is 2.06. The maximum atomic E-state index is 11.7. The van der Waals surface area contributed by atoms with E-state index in [1.165, 1.54) is 7.11 Å². The van der Waals surface area contributed by atoms with E-state index in [0.717, 1.165) is 27.1 Å². The average Bonchev–Trinajstić information content (AvgIpc) is 3.03. The van der Waals surface area contributed by atoms with Crippen LogP contribution in [0.1, 0.15) is 43.4 Å². The fraction of sp³-hybridized carbons (Fsp3) is 0.318. The van der Waals surface area contributed by atoms with E-state index in [1.54, 1.807) is 24.0 Å². The van der Waals surface area contributed by atoms with Crippen molar-refractivity contribution in [3.05, 3.63) is 69.9 Å². The zero-order valence-electron chi connectivity index (χ0n) is 17.1. The summed E-state index contributed by atoms with van der Waals surface area (Å²) in [5.41, 5.74) is 1.88. The van der Waals surface area contributed by atoms with Gasteiger partial charge in [-0.15, -0.1) is 0 Å². The number of hydrogen-bond donors (Lipinski definition) is 0. The number of imidazole rings is 1. The van der Waals surface area contributed by atoms with Crippen molar-refractivity contribution in [3.63, 3.8) is 0 Å². The number of halogens is 2. The number of ether oxygens (including phenoxy) is 1. The molecule has 0 aliphatic heterocycles. The number of aromatic nitrogens is 3. The molecule has 2 heterocycles. The van der Waals surface area contributed by atoms with Gasteiger partial charge < -0.3 is 9.30 Å². The molecule has 1 aromatic carbocycles. The number of carbonyl (C=O) groups is 1. The Labute approximate surface area is 190 Å². The molecule has 0 N–H and O–H groups in total. The molecule has 0 bridgehead atoms. The number of esters is 1. The highest BCUT2D eigenvalue weighted by Gasteiger charge is 2.22. The third kappa shape index (κ3) is 5.78. The monoisotopic (exact) mass is 463 g/mol. The lowest BCUT2D eigenvalue weighted by Crippen LogP contribution is -2.10. The van der Waals surface area contributed by atoms with Gasteiger partial charge in [0.25, 0.3) is 0 Å². The molecule has 3 aromatic rings. The smallest absolute Gasteiger partial charge is 0.305 e. The molecule has 2 aromatic heterocycles. The van der Waals surface area contributed by atoms with Crippen molar-refractivity contribution in [3.8, 4) is 0 Å². The Morgan fingerprint density at radius 2 is 1.93 bits per heavy atom. The molecule has 0 atom stereocenters. The minimum absolute atomic E-state index is 0.198. The van der Waals surface area contributed by atoms with Crippen molar-refractivity contribution in [1.29, 1.82) is 0 Å². The molecule has 8 heteroatoms. The van der Waals surface area contributed by atoms with Gasteiger partial charge in [0.1, 0.15) is 10.9 Å². The lowest BCUT2D eigenvalue weighted by molar-refractivity contribution is -0.140. The molecule has 0 saturated carbocycles. The van der Waals surface area contributed by atoms with E-state index in [-0.39, 0.29) is 18.3 Å². The lowest BCUT2D eigenvalue weighted by atomic mass is 10.1. The van der Waals surface area contributed by atoms with E-state index >= 15 is 0 Å². The van der Waals surface area contributed by atoms with Gasteiger partial charge in [0.05, 0.1) is 31.5 Å². The lowest BCUT2D eigenvalue weighted by Gasteiger charge is -2.13. The zero-order valence-corrected chi connectivity index (χ0v) is 19.4. The number of rotatable bonds is 8. The first-order valence-corrected chi connectivity index (χ1v) is 11.1. The number of carbonyl (C=O) groups excluding carboxylic acids is 1. The van der Waals surface area contributed by atoms with Gasteiger partial charge in [0.2, 0.25) is 0 Å². The molecular formula is C22H23Cl2N3O2S. The predicted octanol–water partition coefficient (Wildman–Crippen LogP) is 6.01. The number of aryl methyl sites for hydroxylation is 1. The fourth-order valence-corrected chi connectivity index (χ4v) is 4.93. The van der Waals surface area contributed by atoms with Gasteiger partial charge in [0, 0.05) is 27.6 Å². The van der Waals surface area contributed by atoms with E-state index in [1.807, 2.05) is 30.3 Å². The summed E-state index contributed by atoms with van der Waals surface area (Å²) in [6.07, 6.45) is 2.52. The standard InChI is InChI=1S/C22H23Cl2N3O2S/c1-14(2)21-22(30-18-11-15(23)10-16(24)12-18)27(13-17-6-4-5-9-25-17)19(26-21)7-8-20(28)29-3/h4-6,9-12,14H,7-8,13H2,1-3H3.